The zero-order valence-corrected chi connectivity index (χ0v) is 19.5. The van der Waals surface area contributed by atoms with Crippen molar-refractivity contribution in [1.82, 2.24) is 15.2 Å². The number of nitrogens with one attached hydrogen (secondary N) is 1. The van der Waals surface area contributed by atoms with Gasteiger partial charge in [0.15, 0.2) is 5.96 Å². The quantitative estimate of drug-likeness (QED) is 0.403. The molecule has 5 nitrogen and oxygen atoms in total. The molecule has 1 aliphatic rings. The number of halogens is 1. The van der Waals surface area contributed by atoms with E-state index in [1.54, 1.807) is 11.3 Å². The fourth-order valence-corrected chi connectivity index (χ4v) is 4.02. The summed E-state index contributed by atoms with van der Waals surface area (Å²) in [6.07, 6.45) is 2.65. The fourth-order valence-electron chi connectivity index (χ4n) is 3.42. The van der Waals surface area contributed by atoms with Gasteiger partial charge in [-0.3, -0.25) is 4.99 Å². The number of ether oxygens (including phenoxy) is 1. The van der Waals surface area contributed by atoms with Crippen LogP contribution in [0.4, 0.5) is 0 Å². The van der Waals surface area contributed by atoms with Gasteiger partial charge in [0.2, 0.25) is 0 Å². The molecule has 0 bridgehead atoms. The lowest BCUT2D eigenvalue weighted by molar-refractivity contribution is -0.0836. The lowest BCUT2D eigenvalue weighted by Gasteiger charge is -2.40. The Labute approximate surface area is 173 Å². The van der Waals surface area contributed by atoms with Crippen LogP contribution in [0.15, 0.2) is 10.4 Å². The van der Waals surface area contributed by atoms with Gasteiger partial charge >= 0.3 is 0 Å². The number of rotatable bonds is 4. The van der Waals surface area contributed by atoms with Crippen molar-refractivity contribution in [3.05, 3.63) is 16.1 Å². The molecule has 0 amide bonds. The zero-order chi connectivity index (χ0) is 17.7. The van der Waals surface area contributed by atoms with E-state index in [-0.39, 0.29) is 29.4 Å². The highest BCUT2D eigenvalue weighted by Crippen LogP contribution is 2.33. The number of thiazole rings is 1. The van der Waals surface area contributed by atoms with Crippen LogP contribution in [-0.2, 0) is 11.3 Å². The summed E-state index contributed by atoms with van der Waals surface area (Å²) in [5, 5.41) is 6.76. The first-order valence-electron chi connectivity index (χ1n) is 8.75. The highest BCUT2D eigenvalue weighted by atomic mass is 127. The lowest BCUT2D eigenvalue weighted by atomic mass is 9.78. The van der Waals surface area contributed by atoms with Crippen molar-refractivity contribution in [1.29, 1.82) is 0 Å². The predicted molar refractivity (Wildman–Crippen MR) is 117 cm³/mol. The van der Waals surface area contributed by atoms with Crippen LogP contribution in [-0.4, -0.2) is 49.2 Å². The fraction of sp³-hybridized carbons (Fsp3) is 0.778. The average Bonchev–Trinajstić information content (AvgIpc) is 2.92. The normalized spacial score (nSPS) is 21.6. The molecule has 0 saturated carbocycles. The summed E-state index contributed by atoms with van der Waals surface area (Å²) in [6.45, 7) is 11.4. The number of hydrogen-bond donors (Lipinski definition) is 1. The van der Waals surface area contributed by atoms with Gasteiger partial charge in [0, 0.05) is 38.5 Å². The van der Waals surface area contributed by atoms with Crippen molar-refractivity contribution in [3.63, 3.8) is 0 Å². The predicted octanol–water partition coefficient (Wildman–Crippen LogP) is 3.92. The SMILES string of the molecule is CN=C(NCC1CCCOC1C(C)(C)C)N(C)Cc1csc(C)n1.I. The van der Waals surface area contributed by atoms with Crippen LogP contribution in [0.1, 0.15) is 44.3 Å². The minimum Gasteiger partial charge on any atom is -0.377 e. The van der Waals surface area contributed by atoms with Crippen LogP contribution in [0.3, 0.4) is 0 Å². The van der Waals surface area contributed by atoms with Crippen molar-refractivity contribution in [2.75, 3.05) is 27.2 Å². The number of nitrogens with zero attached hydrogens (tertiary/aromatic N) is 3. The molecule has 0 spiro atoms. The maximum atomic E-state index is 6.08. The third-order valence-electron chi connectivity index (χ3n) is 4.46. The van der Waals surface area contributed by atoms with E-state index in [0.717, 1.165) is 42.8 Å². The Hall–Kier alpha value is -0.410. The molecular formula is C18H33IN4OS. The Morgan fingerprint density at radius 1 is 1.48 bits per heavy atom. The van der Waals surface area contributed by atoms with E-state index in [4.69, 9.17) is 4.74 Å². The Bertz CT molecular complexity index is 556. The monoisotopic (exact) mass is 480 g/mol. The molecule has 1 N–H and O–H groups in total. The molecule has 2 unspecified atom stereocenters. The van der Waals surface area contributed by atoms with E-state index in [1.165, 1.54) is 6.42 Å². The van der Waals surface area contributed by atoms with Gasteiger partial charge in [-0.1, -0.05) is 20.8 Å². The molecule has 1 aliphatic heterocycles. The molecule has 7 heteroatoms. The van der Waals surface area contributed by atoms with Crippen LogP contribution >= 0.6 is 35.3 Å². The minimum atomic E-state index is 0. The molecule has 2 heterocycles. The first-order chi connectivity index (χ1) is 11.3. The van der Waals surface area contributed by atoms with E-state index in [2.05, 4.69) is 53.4 Å². The standard InChI is InChI=1S/C18H32N4OS.HI/c1-13-21-15(12-24-13)11-22(6)17(19-5)20-10-14-8-7-9-23-16(14)18(2,3)4;/h12,14,16H,7-11H2,1-6H3,(H,19,20);1H. The van der Waals surface area contributed by atoms with Gasteiger partial charge in [-0.25, -0.2) is 4.98 Å². The second-order valence-electron chi connectivity index (χ2n) is 7.70. The van der Waals surface area contributed by atoms with E-state index < -0.39 is 0 Å². The molecule has 1 fully saturated rings. The Morgan fingerprint density at radius 2 is 2.20 bits per heavy atom. The van der Waals surface area contributed by atoms with E-state index >= 15 is 0 Å². The Kier molecular flexibility index (Phi) is 9.11. The van der Waals surface area contributed by atoms with Crippen LogP contribution in [0, 0.1) is 18.3 Å². The van der Waals surface area contributed by atoms with E-state index in [1.807, 2.05) is 14.0 Å². The molecule has 0 aliphatic carbocycles. The Balaban J connectivity index is 0.00000312. The molecule has 0 aromatic carbocycles. The summed E-state index contributed by atoms with van der Waals surface area (Å²) < 4.78 is 6.08. The third-order valence-corrected chi connectivity index (χ3v) is 5.28. The highest BCUT2D eigenvalue weighted by molar-refractivity contribution is 14.0. The maximum absolute atomic E-state index is 6.08. The summed E-state index contributed by atoms with van der Waals surface area (Å²) in [5.41, 5.74) is 1.26. The summed E-state index contributed by atoms with van der Waals surface area (Å²) >= 11 is 1.69. The van der Waals surface area contributed by atoms with Gasteiger partial charge < -0.3 is 15.0 Å². The molecule has 1 aromatic rings. The molecule has 1 aromatic heterocycles. The van der Waals surface area contributed by atoms with E-state index in [0.29, 0.717) is 12.0 Å². The van der Waals surface area contributed by atoms with Crippen molar-refractivity contribution >= 4 is 41.3 Å². The summed E-state index contributed by atoms with van der Waals surface area (Å²) in [6, 6.07) is 0. The van der Waals surface area contributed by atoms with Gasteiger partial charge in [-0.05, 0) is 25.2 Å². The van der Waals surface area contributed by atoms with Gasteiger partial charge in [-0.2, -0.15) is 0 Å². The Morgan fingerprint density at radius 3 is 2.76 bits per heavy atom. The van der Waals surface area contributed by atoms with Crippen molar-refractivity contribution in [2.24, 2.45) is 16.3 Å². The topological polar surface area (TPSA) is 49.8 Å². The van der Waals surface area contributed by atoms with Gasteiger partial charge in [0.05, 0.1) is 23.4 Å². The van der Waals surface area contributed by atoms with E-state index in [9.17, 15) is 0 Å². The first kappa shape index (κ1) is 22.6. The molecule has 2 atom stereocenters. The number of guanidine groups is 1. The van der Waals surface area contributed by atoms with Crippen LogP contribution in [0.5, 0.6) is 0 Å². The zero-order valence-electron chi connectivity index (χ0n) is 16.3. The number of aliphatic imine (C=N–C) groups is 1. The molecule has 0 radical (unpaired) electrons. The molecule has 25 heavy (non-hydrogen) atoms. The summed E-state index contributed by atoms with van der Waals surface area (Å²) in [5.74, 6) is 1.43. The van der Waals surface area contributed by atoms with Gasteiger partial charge in [0.1, 0.15) is 0 Å². The smallest absolute Gasteiger partial charge is 0.193 e. The first-order valence-corrected chi connectivity index (χ1v) is 9.63. The van der Waals surface area contributed by atoms with Gasteiger partial charge in [-0.15, -0.1) is 35.3 Å². The van der Waals surface area contributed by atoms with Gasteiger partial charge in [0.25, 0.3) is 0 Å². The second-order valence-corrected chi connectivity index (χ2v) is 8.76. The number of aryl methyl sites for hydroxylation is 1. The maximum Gasteiger partial charge on any atom is 0.193 e. The van der Waals surface area contributed by atoms with Crippen molar-refractivity contribution < 1.29 is 4.74 Å². The van der Waals surface area contributed by atoms with Crippen LogP contribution in [0.25, 0.3) is 0 Å². The molecule has 1 saturated heterocycles. The van der Waals surface area contributed by atoms with Crippen molar-refractivity contribution in [3.8, 4) is 0 Å². The third kappa shape index (κ3) is 6.67. The summed E-state index contributed by atoms with van der Waals surface area (Å²) in [7, 11) is 3.90. The highest BCUT2D eigenvalue weighted by Gasteiger charge is 2.35. The average molecular weight is 480 g/mol. The van der Waals surface area contributed by atoms with Crippen LogP contribution in [0.2, 0.25) is 0 Å². The number of aromatic nitrogens is 1. The van der Waals surface area contributed by atoms with Crippen LogP contribution < -0.4 is 5.32 Å². The number of hydrogen-bond acceptors (Lipinski definition) is 4. The molecule has 144 valence electrons. The molecule has 2 rings (SSSR count). The largest absolute Gasteiger partial charge is 0.377 e. The minimum absolute atomic E-state index is 0. The summed E-state index contributed by atoms with van der Waals surface area (Å²) in [4.78, 5) is 11.1. The molecular weight excluding hydrogens is 447 g/mol. The lowest BCUT2D eigenvalue weighted by Crippen LogP contribution is -2.47. The van der Waals surface area contributed by atoms with Crippen molar-refractivity contribution in [2.45, 2.75) is 53.2 Å². The second kappa shape index (κ2) is 10.1.